The summed E-state index contributed by atoms with van der Waals surface area (Å²) in [5.41, 5.74) is 4.61. The monoisotopic (exact) mass is 435 g/mol. The van der Waals surface area contributed by atoms with Gasteiger partial charge in [0.05, 0.1) is 4.90 Å². The molecule has 0 aliphatic heterocycles. The van der Waals surface area contributed by atoms with Gasteiger partial charge in [0, 0.05) is 40.1 Å². The third kappa shape index (κ3) is 4.03. The zero-order valence-corrected chi connectivity index (χ0v) is 17.6. The number of nitrogens with zero attached hydrogens (tertiary/aromatic N) is 1. The molecule has 3 aromatic carbocycles. The number of hydrogen-bond donors (Lipinski definition) is 3. The van der Waals surface area contributed by atoms with Crippen LogP contribution in [0.15, 0.2) is 77.7 Å². The Kier molecular flexibility index (Phi) is 5.50. The molecule has 158 valence electrons. The molecule has 0 fully saturated rings. The van der Waals surface area contributed by atoms with Crippen molar-refractivity contribution in [3.8, 4) is 0 Å². The summed E-state index contributed by atoms with van der Waals surface area (Å²) >= 11 is 0. The number of carbonyl (C=O) groups is 1. The van der Waals surface area contributed by atoms with Crippen LogP contribution in [-0.2, 0) is 21.4 Å². The van der Waals surface area contributed by atoms with Crippen LogP contribution in [0.1, 0.15) is 12.5 Å². The van der Waals surface area contributed by atoms with Crippen LogP contribution in [0.2, 0.25) is 0 Å². The van der Waals surface area contributed by atoms with Crippen LogP contribution in [0, 0.1) is 0 Å². The first-order valence-corrected chi connectivity index (χ1v) is 11.2. The highest BCUT2D eigenvalue weighted by Crippen LogP contribution is 2.31. The fraction of sp³-hybridized carbons (Fsp3) is 0.0870. The second kappa shape index (κ2) is 8.25. The molecule has 0 radical (unpaired) electrons. The minimum absolute atomic E-state index is 0.0649. The zero-order chi connectivity index (χ0) is 22.0. The summed E-state index contributed by atoms with van der Waals surface area (Å²) in [4.78, 5) is 11.2. The molecule has 4 rings (SSSR count). The van der Waals surface area contributed by atoms with Crippen LogP contribution in [0.4, 0.5) is 5.69 Å². The summed E-state index contributed by atoms with van der Waals surface area (Å²) < 4.78 is 30.7. The first-order chi connectivity index (χ1) is 14.9. The first kappa shape index (κ1) is 20.6. The molecular weight excluding hydrogens is 414 g/mol. The number of benzene rings is 3. The smallest absolute Gasteiger partial charge is 0.267 e. The molecule has 0 aliphatic rings. The number of hydrogen-bond acceptors (Lipinski definition) is 4. The van der Waals surface area contributed by atoms with Gasteiger partial charge < -0.3 is 4.57 Å². The van der Waals surface area contributed by atoms with Gasteiger partial charge in [-0.15, -0.1) is 0 Å². The third-order valence-corrected chi connectivity index (χ3v) is 6.43. The van der Waals surface area contributed by atoms with Gasteiger partial charge in [0.2, 0.25) is 0 Å². The summed E-state index contributed by atoms with van der Waals surface area (Å²) in [6.07, 6.45) is 2.52. The normalized spacial score (nSPS) is 11.9. The highest BCUT2D eigenvalue weighted by Gasteiger charge is 2.16. The van der Waals surface area contributed by atoms with Crippen molar-refractivity contribution >= 4 is 49.5 Å². The predicted molar refractivity (Wildman–Crippen MR) is 121 cm³/mol. The number of para-hydroxylation sites is 1. The Hall–Kier alpha value is -3.62. The van der Waals surface area contributed by atoms with Crippen LogP contribution >= 0.6 is 0 Å². The standard InChI is InChI=1S/C23H21N3O4S/c1-2-26-21-9-4-3-8-19(21)20-15-17(11-12-22(20)26)25-31(29,30)18-7-5-6-16(14-18)10-13-23(27)24-28/h3-15,25,28H,2H2,1H3,(H,24,27). The van der Waals surface area contributed by atoms with E-state index in [0.717, 1.165) is 34.4 Å². The topological polar surface area (TPSA) is 100 Å². The number of nitrogens with one attached hydrogen (secondary N) is 2. The van der Waals surface area contributed by atoms with E-state index in [2.05, 4.69) is 22.3 Å². The summed E-state index contributed by atoms with van der Waals surface area (Å²) in [6.45, 7) is 2.89. The van der Waals surface area contributed by atoms with E-state index < -0.39 is 15.9 Å². The van der Waals surface area contributed by atoms with E-state index in [-0.39, 0.29) is 4.90 Å². The van der Waals surface area contributed by atoms with Crippen molar-refractivity contribution in [1.82, 2.24) is 10.0 Å². The zero-order valence-electron chi connectivity index (χ0n) is 16.7. The Balaban J connectivity index is 1.69. The van der Waals surface area contributed by atoms with Crippen LogP contribution in [0.25, 0.3) is 27.9 Å². The molecule has 1 heterocycles. The van der Waals surface area contributed by atoms with Gasteiger partial charge in [-0.05, 0) is 55.0 Å². The Bertz CT molecular complexity index is 1420. The number of anilines is 1. The van der Waals surface area contributed by atoms with E-state index in [0.29, 0.717) is 11.3 Å². The van der Waals surface area contributed by atoms with E-state index in [1.54, 1.807) is 18.2 Å². The quantitative estimate of drug-likeness (QED) is 0.241. The fourth-order valence-electron chi connectivity index (χ4n) is 3.67. The van der Waals surface area contributed by atoms with Crippen LogP contribution in [0.5, 0.6) is 0 Å². The second-order valence-electron chi connectivity index (χ2n) is 6.98. The Morgan fingerprint density at radius 3 is 2.55 bits per heavy atom. The molecule has 1 amide bonds. The number of fused-ring (bicyclic) bond motifs is 3. The molecule has 0 saturated carbocycles. The van der Waals surface area contributed by atoms with Crippen molar-refractivity contribution in [3.63, 3.8) is 0 Å². The Labute approximate surface area is 179 Å². The van der Waals surface area contributed by atoms with Gasteiger partial charge in [0.15, 0.2) is 0 Å². The van der Waals surface area contributed by atoms with Crippen LogP contribution in [0.3, 0.4) is 0 Å². The lowest BCUT2D eigenvalue weighted by Crippen LogP contribution is -2.15. The largest absolute Gasteiger partial charge is 0.341 e. The number of aromatic nitrogens is 1. The summed E-state index contributed by atoms with van der Waals surface area (Å²) in [7, 11) is -3.84. The average molecular weight is 436 g/mol. The van der Waals surface area contributed by atoms with Crippen molar-refractivity contribution < 1.29 is 18.4 Å². The molecule has 0 saturated heterocycles. The predicted octanol–water partition coefficient (Wildman–Crippen LogP) is 4.13. The fourth-order valence-corrected chi connectivity index (χ4v) is 4.77. The third-order valence-electron chi connectivity index (χ3n) is 5.05. The maximum atomic E-state index is 12.9. The molecule has 0 bridgehead atoms. The van der Waals surface area contributed by atoms with Gasteiger partial charge in [-0.25, -0.2) is 13.9 Å². The molecule has 1 aromatic heterocycles. The van der Waals surface area contributed by atoms with E-state index in [1.165, 1.54) is 23.7 Å². The van der Waals surface area contributed by atoms with Crippen molar-refractivity contribution in [2.75, 3.05) is 4.72 Å². The van der Waals surface area contributed by atoms with E-state index >= 15 is 0 Å². The minimum atomic E-state index is -3.84. The highest BCUT2D eigenvalue weighted by molar-refractivity contribution is 7.92. The van der Waals surface area contributed by atoms with E-state index in [9.17, 15) is 13.2 Å². The van der Waals surface area contributed by atoms with Gasteiger partial charge in [-0.1, -0.05) is 30.3 Å². The minimum Gasteiger partial charge on any atom is -0.341 e. The summed E-state index contributed by atoms with van der Waals surface area (Å²) in [5.74, 6) is -0.703. The SMILES string of the molecule is CCn1c2ccccc2c2cc(NS(=O)(=O)c3cccc(C=CC(=O)NO)c3)ccc21. The number of sulfonamides is 1. The molecule has 4 aromatic rings. The van der Waals surface area contributed by atoms with Crippen LogP contribution in [-0.4, -0.2) is 24.1 Å². The van der Waals surface area contributed by atoms with Crippen molar-refractivity contribution in [1.29, 1.82) is 0 Å². The molecule has 0 atom stereocenters. The molecule has 8 heteroatoms. The van der Waals surface area contributed by atoms with Crippen molar-refractivity contribution in [3.05, 3.63) is 78.4 Å². The maximum absolute atomic E-state index is 12.9. The molecule has 3 N–H and O–H groups in total. The molecule has 0 aliphatic carbocycles. The molecule has 7 nitrogen and oxygen atoms in total. The molecule has 31 heavy (non-hydrogen) atoms. The lowest BCUT2D eigenvalue weighted by Gasteiger charge is -2.09. The number of aryl methyl sites for hydroxylation is 1. The molecular formula is C23H21N3O4S. The second-order valence-corrected chi connectivity index (χ2v) is 8.66. The number of amides is 1. The van der Waals surface area contributed by atoms with Gasteiger partial charge in [-0.3, -0.25) is 14.7 Å². The Morgan fingerprint density at radius 1 is 1.00 bits per heavy atom. The highest BCUT2D eigenvalue weighted by atomic mass is 32.2. The van der Waals surface area contributed by atoms with Crippen molar-refractivity contribution in [2.45, 2.75) is 18.4 Å². The lowest BCUT2D eigenvalue weighted by atomic mass is 10.1. The van der Waals surface area contributed by atoms with E-state index in [1.807, 2.05) is 30.3 Å². The van der Waals surface area contributed by atoms with Gasteiger partial charge >= 0.3 is 0 Å². The van der Waals surface area contributed by atoms with Crippen LogP contribution < -0.4 is 10.2 Å². The molecule has 0 spiro atoms. The lowest BCUT2D eigenvalue weighted by molar-refractivity contribution is -0.124. The van der Waals surface area contributed by atoms with Crippen molar-refractivity contribution in [2.24, 2.45) is 0 Å². The molecule has 0 unspecified atom stereocenters. The first-order valence-electron chi connectivity index (χ1n) is 9.69. The average Bonchev–Trinajstić information content (AvgIpc) is 3.10. The van der Waals surface area contributed by atoms with Gasteiger partial charge in [0.1, 0.15) is 0 Å². The Morgan fingerprint density at radius 2 is 1.77 bits per heavy atom. The number of hydroxylamine groups is 1. The summed E-state index contributed by atoms with van der Waals surface area (Å²) in [6, 6.07) is 19.7. The van der Waals surface area contributed by atoms with Gasteiger partial charge in [0.25, 0.3) is 15.9 Å². The maximum Gasteiger partial charge on any atom is 0.267 e. The van der Waals surface area contributed by atoms with Gasteiger partial charge in [-0.2, -0.15) is 0 Å². The summed E-state index contributed by atoms with van der Waals surface area (Å²) in [5, 5.41) is 10.6. The number of carbonyl (C=O) groups excluding carboxylic acids is 1. The number of rotatable bonds is 6. The van der Waals surface area contributed by atoms with E-state index in [4.69, 9.17) is 5.21 Å².